The minimum Gasteiger partial charge on any atom is -0.281 e. The largest absolute Gasteiger partial charge is 0.281 e. The maximum absolute atomic E-state index is 5.65. The zero-order chi connectivity index (χ0) is 9.30. The first-order chi connectivity index (χ1) is 5.57. The number of nitrogens with zero attached hydrogens (tertiary/aromatic N) is 1. The summed E-state index contributed by atoms with van der Waals surface area (Å²) in [5.74, 6) is 0. The Morgan fingerprint density at radius 2 is 1.58 bits per heavy atom. The van der Waals surface area contributed by atoms with E-state index in [1.54, 1.807) is 0 Å². The molecule has 1 rings (SSSR count). The minimum atomic E-state index is 0.183. The first kappa shape index (κ1) is 9.84. The van der Waals surface area contributed by atoms with Crippen LogP contribution in [0.4, 0.5) is 0 Å². The van der Waals surface area contributed by atoms with Gasteiger partial charge >= 0.3 is 0 Å². The highest BCUT2D eigenvalue weighted by Gasteiger charge is 2.05. The maximum atomic E-state index is 5.65. The number of hydrogen-bond donors (Lipinski definition) is 0. The molecule has 50 valence electrons. The lowest BCUT2D eigenvalue weighted by molar-refractivity contribution is 1.40. The third-order valence-electron chi connectivity index (χ3n) is 1.49. The molecule has 0 fully saturated rings. The van der Waals surface area contributed by atoms with E-state index in [1.165, 1.54) is 11.8 Å². The molecule has 1 aromatic rings. The van der Waals surface area contributed by atoms with Crippen molar-refractivity contribution < 1.29 is 0 Å². The average Bonchev–Trinajstić information content (AvgIpc) is 2.01. The quantitative estimate of drug-likeness (QED) is 0.324. The zero-order valence-corrected chi connectivity index (χ0v) is 7.48. The second-order valence-electron chi connectivity index (χ2n) is 2.24. The van der Waals surface area contributed by atoms with Crippen LogP contribution in [0.1, 0.15) is 0 Å². The van der Waals surface area contributed by atoms with Crippen LogP contribution in [-0.2, 0) is 0 Å². The minimum absolute atomic E-state index is 0.183. The Morgan fingerprint density at radius 3 is 2.08 bits per heavy atom. The molecule has 1 aromatic heterocycles. The van der Waals surface area contributed by atoms with Crippen molar-refractivity contribution in [2.24, 2.45) is 0 Å². The predicted octanol–water partition coefficient (Wildman–Crippen LogP) is -3.02. The third-order valence-corrected chi connectivity index (χ3v) is 2.33. The van der Waals surface area contributed by atoms with Gasteiger partial charge in [0.1, 0.15) is 31.4 Å². The van der Waals surface area contributed by atoms with Gasteiger partial charge in [0.05, 0.1) is 0 Å². The third kappa shape index (κ3) is 1.58. The van der Waals surface area contributed by atoms with Crippen LogP contribution in [0.25, 0.3) is 0 Å². The fourth-order valence-electron chi connectivity index (χ4n) is 0.854. The summed E-state index contributed by atoms with van der Waals surface area (Å²) >= 11 is 1.40. The van der Waals surface area contributed by atoms with Gasteiger partial charge in [-0.25, -0.2) is 0 Å². The first-order valence-electron chi connectivity index (χ1n) is 3.21. The molecule has 0 aliphatic rings. The number of hydrogen-bond acceptors (Lipinski definition) is 2. The summed E-state index contributed by atoms with van der Waals surface area (Å²) in [6, 6.07) is 0. The summed E-state index contributed by atoms with van der Waals surface area (Å²) in [6.07, 6.45) is 1.85. The number of pyridine rings is 1. The van der Waals surface area contributed by atoms with E-state index >= 15 is 0 Å². The van der Waals surface area contributed by atoms with Crippen molar-refractivity contribution >= 4 is 65.3 Å². The second-order valence-corrected chi connectivity index (χ2v) is 3.06. The molecule has 0 aliphatic heterocycles. The van der Waals surface area contributed by atoms with Crippen LogP contribution in [0, 0.1) is 0 Å². The SMILES string of the molecule is [B]c1nc([B])c(SC)c([B])c1[B]. The van der Waals surface area contributed by atoms with Crippen molar-refractivity contribution in [1.29, 1.82) is 0 Å². The first-order valence-corrected chi connectivity index (χ1v) is 4.44. The van der Waals surface area contributed by atoms with Gasteiger partial charge in [0.15, 0.2) is 0 Å². The van der Waals surface area contributed by atoms with Gasteiger partial charge < -0.3 is 0 Å². The standard InChI is InChI=1S/C6H3B4NS/c1-12-4-2(7)3(8)5(9)11-6(4)10/h1H3. The molecule has 12 heavy (non-hydrogen) atoms. The van der Waals surface area contributed by atoms with E-state index in [9.17, 15) is 0 Å². The van der Waals surface area contributed by atoms with Crippen LogP contribution in [0.15, 0.2) is 4.90 Å². The highest BCUT2D eigenvalue weighted by Crippen LogP contribution is 2.03. The van der Waals surface area contributed by atoms with Gasteiger partial charge in [0, 0.05) is 4.90 Å². The maximum Gasteiger partial charge on any atom is 0.143 e. The van der Waals surface area contributed by atoms with Gasteiger partial charge in [-0.05, 0) is 17.4 Å². The molecule has 0 saturated carbocycles. The van der Waals surface area contributed by atoms with Gasteiger partial charge in [0.2, 0.25) is 0 Å². The lowest BCUT2D eigenvalue weighted by Gasteiger charge is -2.13. The molecule has 8 radical (unpaired) electrons. The monoisotopic (exact) mass is 165 g/mol. The van der Waals surface area contributed by atoms with Crippen LogP contribution >= 0.6 is 11.8 Å². The molecule has 0 aromatic carbocycles. The Hall–Kier alpha value is -0.240. The van der Waals surface area contributed by atoms with E-state index in [1.807, 2.05) is 6.26 Å². The Kier molecular flexibility index (Phi) is 2.99. The normalized spacial score (nSPS) is 10.1. The highest BCUT2D eigenvalue weighted by atomic mass is 32.2. The van der Waals surface area contributed by atoms with Gasteiger partial charge in [-0.3, -0.25) is 4.98 Å². The van der Waals surface area contributed by atoms with E-state index in [4.69, 9.17) is 31.4 Å². The lowest BCUT2D eigenvalue weighted by Crippen LogP contribution is -2.47. The molecular formula is C6H3B4NS. The summed E-state index contributed by atoms with van der Waals surface area (Å²) in [4.78, 5) is 4.52. The molecule has 0 N–H and O–H groups in total. The van der Waals surface area contributed by atoms with Crippen LogP contribution in [0.5, 0.6) is 0 Å². The zero-order valence-electron chi connectivity index (χ0n) is 6.66. The molecule has 0 unspecified atom stereocenters. The van der Waals surface area contributed by atoms with E-state index < -0.39 is 0 Å². The number of thioether (sulfide) groups is 1. The highest BCUT2D eigenvalue weighted by molar-refractivity contribution is 7.99. The van der Waals surface area contributed by atoms with E-state index in [2.05, 4.69) is 4.98 Å². The summed E-state index contributed by atoms with van der Waals surface area (Å²) in [5, 5.41) is 0. The average molecular weight is 164 g/mol. The molecule has 0 atom stereocenters. The molecule has 0 bridgehead atoms. The molecule has 0 saturated heterocycles. The molecule has 0 aliphatic carbocycles. The smallest absolute Gasteiger partial charge is 0.143 e. The Balaban J connectivity index is 3.40. The topological polar surface area (TPSA) is 12.9 Å². The van der Waals surface area contributed by atoms with E-state index in [-0.39, 0.29) is 5.59 Å². The van der Waals surface area contributed by atoms with Crippen molar-refractivity contribution in [3.63, 3.8) is 0 Å². The predicted molar refractivity (Wildman–Crippen MR) is 57.6 cm³/mol. The molecule has 6 heteroatoms. The fourth-order valence-corrected chi connectivity index (χ4v) is 1.44. The number of rotatable bonds is 1. The summed E-state index contributed by atoms with van der Waals surface area (Å²) in [7, 11) is 22.2. The van der Waals surface area contributed by atoms with Crippen molar-refractivity contribution in [2.45, 2.75) is 4.90 Å². The molecule has 0 spiro atoms. The number of aromatic nitrogens is 1. The summed E-state index contributed by atoms with van der Waals surface area (Å²) in [5.41, 5.74) is 1.22. The molecule has 0 amide bonds. The van der Waals surface area contributed by atoms with Gasteiger partial charge in [-0.15, -0.1) is 11.8 Å². The Morgan fingerprint density at radius 1 is 1.00 bits per heavy atom. The van der Waals surface area contributed by atoms with Crippen LogP contribution in [0.3, 0.4) is 0 Å². The van der Waals surface area contributed by atoms with Crippen molar-refractivity contribution in [1.82, 2.24) is 4.98 Å². The lowest BCUT2D eigenvalue weighted by atomic mass is 9.74. The van der Waals surface area contributed by atoms with Crippen molar-refractivity contribution in [2.75, 3.05) is 6.26 Å². The second kappa shape index (κ2) is 3.65. The van der Waals surface area contributed by atoms with Crippen LogP contribution in [0.2, 0.25) is 0 Å². The Labute approximate surface area is 81.7 Å². The summed E-state index contributed by atoms with van der Waals surface area (Å²) in [6.45, 7) is 0. The molecular weight excluding hydrogens is 161 g/mol. The fraction of sp³-hybridized carbons (Fsp3) is 0.167. The molecule has 1 heterocycles. The van der Waals surface area contributed by atoms with Crippen molar-refractivity contribution in [3.8, 4) is 0 Å². The van der Waals surface area contributed by atoms with E-state index in [0.717, 1.165) is 0 Å². The van der Waals surface area contributed by atoms with Crippen molar-refractivity contribution in [3.05, 3.63) is 0 Å². The van der Waals surface area contributed by atoms with Gasteiger partial charge in [-0.2, -0.15) is 0 Å². The molecule has 1 nitrogen and oxygen atoms in total. The van der Waals surface area contributed by atoms with E-state index in [0.29, 0.717) is 21.4 Å². The van der Waals surface area contributed by atoms with Gasteiger partial charge in [0.25, 0.3) is 0 Å². The van der Waals surface area contributed by atoms with Crippen LogP contribution in [-0.4, -0.2) is 42.6 Å². The van der Waals surface area contributed by atoms with Crippen LogP contribution < -0.4 is 22.1 Å². The summed E-state index contributed by atoms with van der Waals surface area (Å²) < 4.78 is 0. The Bertz CT molecular complexity index is 315. The van der Waals surface area contributed by atoms with Gasteiger partial charge in [-0.1, -0.05) is 10.9 Å².